The van der Waals surface area contributed by atoms with Crippen molar-refractivity contribution in [3.05, 3.63) is 64.4 Å². The molecule has 0 saturated heterocycles. The van der Waals surface area contributed by atoms with Crippen molar-refractivity contribution in [3.8, 4) is 16.9 Å². The maximum Gasteiger partial charge on any atom is 0.166 e. The number of rotatable bonds is 4. The first-order valence-corrected chi connectivity index (χ1v) is 7.83. The predicted octanol–water partition coefficient (Wildman–Crippen LogP) is 4.19. The molecule has 2 heterocycles. The lowest BCUT2D eigenvalue weighted by Crippen LogP contribution is -2.02. The zero-order valence-corrected chi connectivity index (χ0v) is 14.1. The molecule has 0 amide bonds. The van der Waals surface area contributed by atoms with E-state index in [2.05, 4.69) is 9.97 Å². The summed E-state index contributed by atoms with van der Waals surface area (Å²) in [4.78, 5) is 8.23. The van der Waals surface area contributed by atoms with Crippen LogP contribution in [-0.4, -0.2) is 9.97 Å². The van der Waals surface area contributed by atoms with Crippen LogP contribution in [0.4, 0.5) is 11.6 Å². The van der Waals surface area contributed by atoms with Gasteiger partial charge in [0.1, 0.15) is 12.4 Å². The number of hydrogen-bond donors (Lipinski definition) is 2. The molecule has 0 atom stereocenters. The lowest BCUT2D eigenvalue weighted by Gasteiger charge is -2.12. The van der Waals surface area contributed by atoms with E-state index in [1.165, 1.54) is 0 Å². The van der Waals surface area contributed by atoms with Crippen LogP contribution in [0.25, 0.3) is 11.1 Å². The van der Waals surface area contributed by atoms with Crippen LogP contribution in [0.3, 0.4) is 0 Å². The van der Waals surface area contributed by atoms with Gasteiger partial charge in [-0.3, -0.25) is 0 Å². The Morgan fingerprint density at radius 2 is 1.62 bits per heavy atom. The van der Waals surface area contributed by atoms with Gasteiger partial charge in [-0.1, -0.05) is 29.3 Å². The maximum absolute atomic E-state index is 6.15. The Bertz CT molecular complexity index is 849. The van der Waals surface area contributed by atoms with Gasteiger partial charge in [-0.25, -0.2) is 9.97 Å². The summed E-state index contributed by atoms with van der Waals surface area (Å²) < 4.78 is 5.77. The summed E-state index contributed by atoms with van der Waals surface area (Å²) in [6.07, 6.45) is 3.31. The number of halogens is 2. The third-order valence-corrected chi connectivity index (χ3v) is 4.14. The van der Waals surface area contributed by atoms with Gasteiger partial charge in [0.15, 0.2) is 11.6 Å². The van der Waals surface area contributed by atoms with Gasteiger partial charge in [-0.05, 0) is 30.3 Å². The molecule has 0 spiro atoms. The number of nitrogens with zero attached hydrogens (tertiary/aromatic N) is 2. The molecular weight excluding hydrogens is 347 g/mol. The van der Waals surface area contributed by atoms with Gasteiger partial charge in [0, 0.05) is 39.1 Å². The van der Waals surface area contributed by atoms with E-state index in [0.717, 1.165) is 11.1 Å². The Labute approximate surface area is 149 Å². The molecule has 3 rings (SSSR count). The molecule has 5 nitrogen and oxygen atoms in total. The van der Waals surface area contributed by atoms with E-state index in [0.29, 0.717) is 27.2 Å². The highest BCUT2D eigenvalue weighted by molar-refractivity contribution is 6.35. The van der Waals surface area contributed by atoms with E-state index in [-0.39, 0.29) is 12.4 Å². The summed E-state index contributed by atoms with van der Waals surface area (Å²) in [5.74, 6) is 1.18. The minimum absolute atomic E-state index is 0.188. The van der Waals surface area contributed by atoms with Crippen LogP contribution in [0.15, 0.2) is 48.8 Å². The molecule has 0 aliphatic rings. The van der Waals surface area contributed by atoms with Crippen molar-refractivity contribution in [2.24, 2.45) is 0 Å². The Morgan fingerprint density at radius 1 is 0.917 bits per heavy atom. The number of nitrogen functional groups attached to an aromatic ring is 2. The van der Waals surface area contributed by atoms with Crippen molar-refractivity contribution in [2.75, 3.05) is 11.5 Å². The summed E-state index contributed by atoms with van der Waals surface area (Å²) in [5.41, 5.74) is 13.9. The van der Waals surface area contributed by atoms with E-state index in [4.69, 9.17) is 39.4 Å². The molecule has 7 heteroatoms. The summed E-state index contributed by atoms with van der Waals surface area (Å²) in [5, 5.41) is 1.07. The molecular formula is C17H14Cl2N4O. The third kappa shape index (κ3) is 3.53. The van der Waals surface area contributed by atoms with Gasteiger partial charge in [0.2, 0.25) is 0 Å². The highest BCUT2D eigenvalue weighted by Gasteiger charge is 2.10. The van der Waals surface area contributed by atoms with Crippen molar-refractivity contribution in [1.29, 1.82) is 0 Å². The van der Waals surface area contributed by atoms with E-state index in [9.17, 15) is 0 Å². The number of aromatic nitrogens is 2. The molecule has 3 aromatic rings. The average Bonchev–Trinajstić information content (AvgIpc) is 2.57. The maximum atomic E-state index is 6.15. The van der Waals surface area contributed by atoms with Crippen molar-refractivity contribution in [2.45, 2.75) is 6.61 Å². The third-order valence-electron chi connectivity index (χ3n) is 3.44. The topological polar surface area (TPSA) is 87.0 Å². The zero-order chi connectivity index (χ0) is 17.1. The molecule has 4 N–H and O–H groups in total. The zero-order valence-electron chi connectivity index (χ0n) is 12.5. The predicted molar refractivity (Wildman–Crippen MR) is 97.1 cm³/mol. The van der Waals surface area contributed by atoms with E-state index >= 15 is 0 Å². The molecule has 2 aromatic heterocycles. The van der Waals surface area contributed by atoms with Crippen LogP contribution in [0.5, 0.6) is 5.75 Å². The molecule has 0 bridgehead atoms. The van der Waals surface area contributed by atoms with Crippen LogP contribution >= 0.6 is 23.2 Å². The molecule has 1 aromatic carbocycles. The Balaban J connectivity index is 1.86. The van der Waals surface area contributed by atoms with Crippen molar-refractivity contribution in [1.82, 2.24) is 9.97 Å². The van der Waals surface area contributed by atoms with Crippen molar-refractivity contribution >= 4 is 34.8 Å². The fraction of sp³-hybridized carbons (Fsp3) is 0.0588. The van der Waals surface area contributed by atoms with Crippen LogP contribution < -0.4 is 16.2 Å². The number of pyridine rings is 2. The van der Waals surface area contributed by atoms with Crippen molar-refractivity contribution in [3.63, 3.8) is 0 Å². The minimum Gasteiger partial charge on any atom is -0.485 e. The molecule has 0 fully saturated rings. The molecule has 122 valence electrons. The molecule has 24 heavy (non-hydrogen) atoms. The molecule has 0 aliphatic heterocycles. The van der Waals surface area contributed by atoms with Gasteiger partial charge in [-0.2, -0.15) is 0 Å². The SMILES string of the molecule is Nc1ccc(-c2cnc(N)c(OCc3c(Cl)cccc3Cl)c2)cn1. The molecule has 0 unspecified atom stereocenters. The van der Waals surface area contributed by atoms with Gasteiger partial charge < -0.3 is 16.2 Å². The van der Waals surface area contributed by atoms with Crippen LogP contribution in [0.2, 0.25) is 10.0 Å². The normalized spacial score (nSPS) is 10.6. The van der Waals surface area contributed by atoms with Gasteiger partial charge in [0.05, 0.1) is 0 Å². The summed E-state index contributed by atoms with van der Waals surface area (Å²) in [6.45, 7) is 0.188. The highest BCUT2D eigenvalue weighted by Crippen LogP contribution is 2.30. The summed E-state index contributed by atoms with van der Waals surface area (Å²) >= 11 is 12.3. The van der Waals surface area contributed by atoms with Crippen molar-refractivity contribution < 1.29 is 4.74 Å². The van der Waals surface area contributed by atoms with E-state index in [1.54, 1.807) is 42.7 Å². The largest absolute Gasteiger partial charge is 0.485 e. The fourth-order valence-corrected chi connectivity index (χ4v) is 2.63. The number of nitrogens with two attached hydrogens (primary N) is 2. The van der Waals surface area contributed by atoms with E-state index in [1.807, 2.05) is 6.07 Å². The van der Waals surface area contributed by atoms with Crippen LogP contribution in [0.1, 0.15) is 5.56 Å². The number of hydrogen-bond acceptors (Lipinski definition) is 5. The number of ether oxygens (including phenoxy) is 1. The monoisotopic (exact) mass is 360 g/mol. The summed E-state index contributed by atoms with van der Waals surface area (Å²) in [6, 6.07) is 10.6. The quantitative estimate of drug-likeness (QED) is 0.727. The Kier molecular flexibility index (Phi) is 4.74. The molecule has 0 aliphatic carbocycles. The standard InChI is InChI=1S/C17H14Cl2N4O/c18-13-2-1-3-14(19)12(13)9-24-15-6-11(8-23-17(15)21)10-4-5-16(20)22-7-10/h1-8H,9H2,(H2,20,22)(H2,21,23). The second-order valence-electron chi connectivity index (χ2n) is 5.07. The second kappa shape index (κ2) is 6.95. The minimum atomic E-state index is 0.188. The van der Waals surface area contributed by atoms with Gasteiger partial charge >= 0.3 is 0 Å². The lowest BCUT2D eigenvalue weighted by atomic mass is 10.1. The fourth-order valence-electron chi connectivity index (χ4n) is 2.12. The average molecular weight is 361 g/mol. The number of anilines is 2. The van der Waals surface area contributed by atoms with Gasteiger partial charge in [0.25, 0.3) is 0 Å². The van der Waals surface area contributed by atoms with Gasteiger partial charge in [-0.15, -0.1) is 0 Å². The first-order chi connectivity index (χ1) is 11.5. The van der Waals surface area contributed by atoms with Crippen LogP contribution in [-0.2, 0) is 6.61 Å². The van der Waals surface area contributed by atoms with Crippen LogP contribution in [0, 0.1) is 0 Å². The molecule has 0 saturated carbocycles. The first kappa shape index (κ1) is 16.4. The lowest BCUT2D eigenvalue weighted by molar-refractivity contribution is 0.307. The Hall–Kier alpha value is -2.50. The summed E-state index contributed by atoms with van der Waals surface area (Å²) in [7, 11) is 0. The van der Waals surface area contributed by atoms with E-state index < -0.39 is 0 Å². The molecule has 0 radical (unpaired) electrons. The smallest absolute Gasteiger partial charge is 0.166 e. The number of benzene rings is 1. The first-order valence-electron chi connectivity index (χ1n) is 7.07. The second-order valence-corrected chi connectivity index (χ2v) is 5.88. The Morgan fingerprint density at radius 3 is 2.29 bits per heavy atom. The highest BCUT2D eigenvalue weighted by atomic mass is 35.5.